The average Bonchev–Trinajstić information content (AvgIpc) is 2.93. The monoisotopic (exact) mass is 349 g/mol. The van der Waals surface area contributed by atoms with Crippen LogP contribution in [0, 0.1) is 24.6 Å². The minimum Gasteiger partial charge on any atom is -0.368 e. The normalized spacial score (nSPS) is 19.6. The standard InChI is InChI=1S/C18H24FN3O3/c1-4-11(3)16(17(20)24)21-18(25)12-8-15(23)22(9-12)14-6-5-10(2)7-13(14)19/h5-7,11-12,16H,4,8-9H2,1-3H3,(H2,20,24)(H,21,25). The second-order valence-electron chi connectivity index (χ2n) is 6.63. The molecule has 1 aliphatic heterocycles. The summed E-state index contributed by atoms with van der Waals surface area (Å²) in [4.78, 5) is 37.5. The third kappa shape index (κ3) is 4.15. The van der Waals surface area contributed by atoms with Gasteiger partial charge in [0.25, 0.3) is 0 Å². The second kappa shape index (κ2) is 7.63. The molecule has 6 nitrogen and oxygen atoms in total. The molecular weight excluding hydrogens is 325 g/mol. The Kier molecular flexibility index (Phi) is 5.77. The van der Waals surface area contributed by atoms with E-state index in [-0.39, 0.29) is 30.5 Å². The lowest BCUT2D eigenvalue weighted by atomic mass is 9.97. The number of nitrogens with two attached hydrogens (primary N) is 1. The summed E-state index contributed by atoms with van der Waals surface area (Å²) in [6.45, 7) is 5.56. The van der Waals surface area contributed by atoms with E-state index in [1.807, 2.05) is 13.8 Å². The highest BCUT2D eigenvalue weighted by Gasteiger charge is 2.37. The molecule has 1 fully saturated rings. The molecule has 3 N–H and O–H groups in total. The average molecular weight is 349 g/mol. The molecule has 1 aliphatic rings. The maximum Gasteiger partial charge on any atom is 0.240 e. The first kappa shape index (κ1) is 18.9. The van der Waals surface area contributed by atoms with E-state index in [4.69, 9.17) is 5.73 Å². The first-order chi connectivity index (χ1) is 11.7. The Balaban J connectivity index is 2.11. The molecule has 25 heavy (non-hydrogen) atoms. The Morgan fingerprint density at radius 3 is 2.68 bits per heavy atom. The van der Waals surface area contributed by atoms with Gasteiger partial charge in [-0.15, -0.1) is 0 Å². The fraction of sp³-hybridized carbons (Fsp3) is 0.500. The fourth-order valence-corrected chi connectivity index (χ4v) is 2.95. The van der Waals surface area contributed by atoms with Crippen LogP contribution >= 0.6 is 0 Å². The van der Waals surface area contributed by atoms with Crippen LogP contribution in [0.25, 0.3) is 0 Å². The summed E-state index contributed by atoms with van der Waals surface area (Å²) < 4.78 is 14.1. The molecule has 1 aromatic rings. The van der Waals surface area contributed by atoms with Crippen molar-refractivity contribution >= 4 is 23.4 Å². The van der Waals surface area contributed by atoms with Gasteiger partial charge in [-0.2, -0.15) is 0 Å². The van der Waals surface area contributed by atoms with E-state index < -0.39 is 29.6 Å². The van der Waals surface area contributed by atoms with Crippen molar-refractivity contribution in [3.05, 3.63) is 29.6 Å². The molecule has 1 aromatic carbocycles. The van der Waals surface area contributed by atoms with Crippen LogP contribution in [0.15, 0.2) is 18.2 Å². The summed E-state index contributed by atoms with van der Waals surface area (Å²) in [5, 5.41) is 2.64. The molecule has 0 saturated carbocycles. The molecule has 2 rings (SSSR count). The molecule has 1 heterocycles. The molecular formula is C18H24FN3O3. The number of nitrogens with zero attached hydrogens (tertiary/aromatic N) is 1. The van der Waals surface area contributed by atoms with Gasteiger partial charge in [-0.3, -0.25) is 14.4 Å². The van der Waals surface area contributed by atoms with Gasteiger partial charge >= 0.3 is 0 Å². The minimum absolute atomic E-state index is 0.0227. The van der Waals surface area contributed by atoms with E-state index in [1.165, 1.54) is 17.0 Å². The molecule has 0 spiro atoms. The van der Waals surface area contributed by atoms with E-state index in [0.717, 1.165) is 5.56 Å². The predicted octanol–water partition coefficient (Wildman–Crippen LogP) is 1.50. The number of hydrogen-bond donors (Lipinski definition) is 2. The van der Waals surface area contributed by atoms with Gasteiger partial charge in [-0.25, -0.2) is 4.39 Å². The van der Waals surface area contributed by atoms with Crippen molar-refractivity contribution in [3.63, 3.8) is 0 Å². The smallest absolute Gasteiger partial charge is 0.240 e. The Morgan fingerprint density at radius 2 is 2.12 bits per heavy atom. The number of rotatable bonds is 6. The third-order valence-corrected chi connectivity index (χ3v) is 4.71. The van der Waals surface area contributed by atoms with Gasteiger partial charge in [0, 0.05) is 13.0 Å². The van der Waals surface area contributed by atoms with E-state index >= 15 is 0 Å². The van der Waals surface area contributed by atoms with Crippen molar-refractivity contribution in [2.45, 2.75) is 39.7 Å². The molecule has 3 amide bonds. The summed E-state index contributed by atoms with van der Waals surface area (Å²) in [6, 6.07) is 3.82. The molecule has 3 unspecified atom stereocenters. The first-order valence-corrected chi connectivity index (χ1v) is 8.40. The maximum atomic E-state index is 14.1. The number of anilines is 1. The number of nitrogens with one attached hydrogen (secondary N) is 1. The van der Waals surface area contributed by atoms with Gasteiger partial charge in [0.05, 0.1) is 11.6 Å². The van der Waals surface area contributed by atoms with Crippen molar-refractivity contribution in [2.24, 2.45) is 17.6 Å². The van der Waals surface area contributed by atoms with Gasteiger partial charge in [-0.1, -0.05) is 26.3 Å². The molecule has 7 heteroatoms. The van der Waals surface area contributed by atoms with Gasteiger partial charge in [-0.05, 0) is 30.5 Å². The van der Waals surface area contributed by atoms with Crippen LogP contribution in [0.2, 0.25) is 0 Å². The Labute approximate surface area is 146 Å². The van der Waals surface area contributed by atoms with Crippen molar-refractivity contribution in [1.29, 1.82) is 0 Å². The highest BCUT2D eigenvalue weighted by atomic mass is 19.1. The topological polar surface area (TPSA) is 92.5 Å². The largest absolute Gasteiger partial charge is 0.368 e. The summed E-state index contributed by atoms with van der Waals surface area (Å²) in [5.74, 6) is -2.57. The quantitative estimate of drug-likeness (QED) is 0.815. The van der Waals surface area contributed by atoms with Gasteiger partial charge in [0.2, 0.25) is 17.7 Å². The second-order valence-corrected chi connectivity index (χ2v) is 6.63. The molecule has 0 bridgehead atoms. The van der Waals surface area contributed by atoms with Crippen LogP contribution in [-0.4, -0.2) is 30.3 Å². The van der Waals surface area contributed by atoms with Crippen molar-refractivity contribution in [1.82, 2.24) is 5.32 Å². The first-order valence-electron chi connectivity index (χ1n) is 8.40. The fourth-order valence-electron chi connectivity index (χ4n) is 2.95. The number of aryl methyl sites for hydroxylation is 1. The lowest BCUT2D eigenvalue weighted by Crippen LogP contribution is -2.50. The molecule has 136 valence electrons. The summed E-state index contributed by atoms with van der Waals surface area (Å²) in [7, 11) is 0. The number of halogens is 1. The van der Waals surface area contributed by atoms with Crippen molar-refractivity contribution in [2.75, 3.05) is 11.4 Å². The van der Waals surface area contributed by atoms with E-state index in [1.54, 1.807) is 13.0 Å². The van der Waals surface area contributed by atoms with Crippen LogP contribution in [0.5, 0.6) is 0 Å². The van der Waals surface area contributed by atoms with E-state index in [2.05, 4.69) is 5.32 Å². The van der Waals surface area contributed by atoms with Gasteiger partial charge < -0.3 is 16.0 Å². The molecule has 0 aliphatic carbocycles. The summed E-state index contributed by atoms with van der Waals surface area (Å²) in [6.07, 6.45) is 0.656. The van der Waals surface area contributed by atoms with E-state index in [0.29, 0.717) is 6.42 Å². The number of amides is 3. The zero-order valence-electron chi connectivity index (χ0n) is 14.7. The Bertz CT molecular complexity index is 692. The Hall–Kier alpha value is -2.44. The lowest BCUT2D eigenvalue weighted by molar-refractivity contribution is -0.131. The minimum atomic E-state index is -0.780. The zero-order chi connectivity index (χ0) is 18.7. The van der Waals surface area contributed by atoms with E-state index in [9.17, 15) is 18.8 Å². The van der Waals surface area contributed by atoms with Crippen molar-refractivity contribution < 1.29 is 18.8 Å². The summed E-state index contributed by atoms with van der Waals surface area (Å²) >= 11 is 0. The zero-order valence-corrected chi connectivity index (χ0v) is 14.7. The van der Waals surface area contributed by atoms with Crippen LogP contribution in [0.1, 0.15) is 32.3 Å². The summed E-state index contributed by atoms with van der Waals surface area (Å²) in [5.41, 5.74) is 6.28. The number of carbonyl (C=O) groups excluding carboxylic acids is 3. The van der Waals surface area contributed by atoms with Gasteiger partial charge in [0.15, 0.2) is 0 Å². The molecule has 0 aromatic heterocycles. The van der Waals surface area contributed by atoms with Crippen LogP contribution in [-0.2, 0) is 14.4 Å². The van der Waals surface area contributed by atoms with Crippen molar-refractivity contribution in [3.8, 4) is 0 Å². The number of carbonyl (C=O) groups is 3. The SMILES string of the molecule is CCC(C)C(NC(=O)C1CC(=O)N(c2ccc(C)cc2F)C1)C(N)=O. The lowest BCUT2D eigenvalue weighted by Gasteiger charge is -2.23. The van der Waals surface area contributed by atoms with Gasteiger partial charge in [0.1, 0.15) is 11.9 Å². The highest BCUT2D eigenvalue weighted by Crippen LogP contribution is 2.28. The van der Waals surface area contributed by atoms with Crippen LogP contribution in [0.4, 0.5) is 10.1 Å². The van der Waals surface area contributed by atoms with Crippen LogP contribution in [0.3, 0.4) is 0 Å². The number of hydrogen-bond acceptors (Lipinski definition) is 3. The Morgan fingerprint density at radius 1 is 1.44 bits per heavy atom. The number of benzene rings is 1. The number of primary amides is 1. The predicted molar refractivity (Wildman–Crippen MR) is 92.2 cm³/mol. The third-order valence-electron chi connectivity index (χ3n) is 4.71. The molecule has 0 radical (unpaired) electrons. The maximum absolute atomic E-state index is 14.1. The molecule has 1 saturated heterocycles. The van der Waals surface area contributed by atoms with Crippen LogP contribution < -0.4 is 16.0 Å². The molecule has 3 atom stereocenters. The highest BCUT2D eigenvalue weighted by molar-refractivity contribution is 6.01.